The molecule has 23 heavy (non-hydrogen) atoms. The van der Waals surface area contributed by atoms with E-state index in [1.54, 1.807) is 36.6 Å². The van der Waals surface area contributed by atoms with Crippen LogP contribution in [0.15, 0.2) is 54.6 Å². The SMILES string of the molecule is C[NH2+]C(C(=O)c1ccccc1)C(OC(C)=O)c1ccc(F)cc1. The van der Waals surface area contributed by atoms with Gasteiger partial charge >= 0.3 is 5.97 Å². The van der Waals surface area contributed by atoms with Crippen LogP contribution in [0.3, 0.4) is 0 Å². The highest BCUT2D eigenvalue weighted by Crippen LogP contribution is 2.23. The van der Waals surface area contributed by atoms with Crippen LogP contribution < -0.4 is 5.32 Å². The van der Waals surface area contributed by atoms with Crippen LogP contribution in [0.1, 0.15) is 28.9 Å². The first-order valence-electron chi connectivity index (χ1n) is 7.34. The van der Waals surface area contributed by atoms with E-state index in [1.807, 2.05) is 6.07 Å². The Hall–Kier alpha value is -2.53. The molecule has 0 aliphatic carbocycles. The first kappa shape index (κ1) is 16.8. The van der Waals surface area contributed by atoms with Gasteiger partial charge in [0, 0.05) is 12.5 Å². The minimum Gasteiger partial charge on any atom is -0.451 e. The van der Waals surface area contributed by atoms with Crippen molar-refractivity contribution in [3.63, 3.8) is 0 Å². The topological polar surface area (TPSA) is 60.0 Å². The highest BCUT2D eigenvalue weighted by Gasteiger charge is 2.35. The van der Waals surface area contributed by atoms with Crippen LogP contribution in [0.2, 0.25) is 0 Å². The molecular formula is C18H19FNO3+. The van der Waals surface area contributed by atoms with Crippen LogP contribution in [0.25, 0.3) is 0 Å². The lowest BCUT2D eigenvalue weighted by molar-refractivity contribution is -0.657. The van der Waals surface area contributed by atoms with Crippen molar-refractivity contribution in [1.82, 2.24) is 0 Å². The minimum absolute atomic E-state index is 0.149. The largest absolute Gasteiger partial charge is 0.451 e. The molecule has 2 aromatic carbocycles. The lowest BCUT2D eigenvalue weighted by Crippen LogP contribution is -2.89. The number of rotatable bonds is 6. The van der Waals surface area contributed by atoms with E-state index in [0.717, 1.165) is 0 Å². The number of nitrogens with two attached hydrogens (primary N) is 1. The Morgan fingerprint density at radius 2 is 1.65 bits per heavy atom. The molecule has 0 radical (unpaired) electrons. The van der Waals surface area contributed by atoms with Crippen LogP contribution in [0.4, 0.5) is 4.39 Å². The lowest BCUT2D eigenvalue weighted by Gasteiger charge is -2.23. The van der Waals surface area contributed by atoms with Crippen molar-refractivity contribution < 1.29 is 24.0 Å². The number of quaternary nitrogens is 1. The van der Waals surface area contributed by atoms with Crippen molar-refractivity contribution >= 4 is 11.8 Å². The first-order chi connectivity index (χ1) is 11.0. The standard InChI is InChI=1S/C18H18FNO3/c1-12(21)23-18(14-8-10-15(19)11-9-14)16(20-2)17(22)13-6-4-3-5-7-13/h3-11,16,18,20H,1-2H3/p+1. The summed E-state index contributed by atoms with van der Waals surface area (Å²) < 4.78 is 18.5. The number of ether oxygens (including phenoxy) is 1. The molecule has 2 atom stereocenters. The lowest BCUT2D eigenvalue weighted by atomic mass is 9.94. The smallest absolute Gasteiger partial charge is 0.303 e. The molecule has 0 spiro atoms. The van der Waals surface area contributed by atoms with Crippen LogP contribution in [0.5, 0.6) is 0 Å². The number of likely N-dealkylation sites (N-methyl/N-ethyl adjacent to an activating group) is 1. The van der Waals surface area contributed by atoms with Gasteiger partial charge in [0.05, 0.1) is 7.05 Å². The molecule has 0 bridgehead atoms. The molecule has 0 aromatic heterocycles. The number of hydrogen-bond acceptors (Lipinski definition) is 3. The average molecular weight is 316 g/mol. The Morgan fingerprint density at radius 1 is 1.04 bits per heavy atom. The third-order valence-corrected chi connectivity index (χ3v) is 3.54. The molecule has 0 saturated carbocycles. The van der Waals surface area contributed by atoms with Gasteiger partial charge in [-0.2, -0.15) is 0 Å². The van der Waals surface area contributed by atoms with Gasteiger partial charge in [-0.15, -0.1) is 0 Å². The Kier molecular flexibility index (Phi) is 5.60. The van der Waals surface area contributed by atoms with Gasteiger partial charge in [0.25, 0.3) is 0 Å². The predicted octanol–water partition coefficient (Wildman–Crippen LogP) is 1.87. The summed E-state index contributed by atoms with van der Waals surface area (Å²) in [6.07, 6.45) is -0.786. The fourth-order valence-corrected chi connectivity index (χ4v) is 2.44. The number of ketones is 1. The number of halogens is 1. The van der Waals surface area contributed by atoms with Crippen molar-refractivity contribution in [2.45, 2.75) is 19.1 Å². The van der Waals surface area contributed by atoms with Gasteiger partial charge in [0.1, 0.15) is 5.82 Å². The molecular weight excluding hydrogens is 297 g/mol. The summed E-state index contributed by atoms with van der Waals surface area (Å²) in [4.78, 5) is 24.2. The molecule has 0 aliphatic heterocycles. The molecule has 0 aliphatic rings. The summed E-state index contributed by atoms with van der Waals surface area (Å²) >= 11 is 0. The number of carbonyl (C=O) groups excluding carboxylic acids is 2. The molecule has 0 amide bonds. The number of esters is 1. The summed E-state index contributed by atoms with van der Waals surface area (Å²) in [6, 6.07) is 13.8. The van der Waals surface area contributed by atoms with Crippen LogP contribution in [-0.4, -0.2) is 24.8 Å². The second-order valence-electron chi connectivity index (χ2n) is 5.17. The van der Waals surface area contributed by atoms with E-state index in [2.05, 4.69) is 0 Å². The normalized spacial score (nSPS) is 13.2. The monoisotopic (exact) mass is 316 g/mol. The van der Waals surface area contributed by atoms with Crippen molar-refractivity contribution in [2.24, 2.45) is 0 Å². The molecule has 2 N–H and O–H groups in total. The van der Waals surface area contributed by atoms with Crippen LogP contribution in [0, 0.1) is 5.82 Å². The Labute approximate surface area is 134 Å². The summed E-state index contributed by atoms with van der Waals surface area (Å²) in [7, 11) is 1.74. The zero-order valence-electron chi connectivity index (χ0n) is 13.0. The van der Waals surface area contributed by atoms with Gasteiger partial charge in [-0.1, -0.05) is 42.5 Å². The van der Waals surface area contributed by atoms with Gasteiger partial charge in [-0.25, -0.2) is 4.39 Å². The molecule has 2 unspecified atom stereocenters. The van der Waals surface area contributed by atoms with E-state index in [0.29, 0.717) is 11.1 Å². The second-order valence-corrected chi connectivity index (χ2v) is 5.17. The van der Waals surface area contributed by atoms with Gasteiger partial charge in [0.15, 0.2) is 12.1 Å². The molecule has 0 heterocycles. The molecule has 0 saturated heterocycles. The first-order valence-corrected chi connectivity index (χ1v) is 7.34. The second kappa shape index (κ2) is 7.65. The van der Waals surface area contributed by atoms with E-state index in [4.69, 9.17) is 4.74 Å². The van der Waals surface area contributed by atoms with Crippen LogP contribution >= 0.6 is 0 Å². The Morgan fingerprint density at radius 3 is 2.17 bits per heavy atom. The zero-order valence-corrected chi connectivity index (χ0v) is 13.0. The maximum absolute atomic E-state index is 13.1. The zero-order chi connectivity index (χ0) is 16.8. The summed E-state index contributed by atoms with van der Waals surface area (Å²) in [5, 5.41) is 1.70. The van der Waals surface area contributed by atoms with Crippen molar-refractivity contribution in [2.75, 3.05) is 7.05 Å². The van der Waals surface area contributed by atoms with Gasteiger partial charge in [0.2, 0.25) is 5.78 Å². The number of Topliss-reactive ketones (excluding diaryl/α,β-unsaturated/α-hetero) is 1. The molecule has 120 valence electrons. The summed E-state index contributed by atoms with van der Waals surface area (Å²) in [5.74, 6) is -1.03. The number of carbonyl (C=O) groups is 2. The van der Waals surface area contributed by atoms with Gasteiger partial charge in [-0.05, 0) is 17.7 Å². The predicted molar refractivity (Wildman–Crippen MR) is 83.3 cm³/mol. The van der Waals surface area contributed by atoms with Crippen molar-refractivity contribution in [1.29, 1.82) is 0 Å². The number of benzene rings is 2. The van der Waals surface area contributed by atoms with Crippen molar-refractivity contribution in [3.05, 3.63) is 71.5 Å². The minimum atomic E-state index is -0.786. The fourth-order valence-electron chi connectivity index (χ4n) is 2.44. The fraction of sp³-hybridized carbons (Fsp3) is 0.222. The third-order valence-electron chi connectivity index (χ3n) is 3.54. The van der Waals surface area contributed by atoms with E-state index >= 15 is 0 Å². The average Bonchev–Trinajstić information content (AvgIpc) is 2.55. The van der Waals surface area contributed by atoms with Gasteiger partial charge in [-0.3, -0.25) is 9.59 Å². The van der Waals surface area contributed by atoms with Gasteiger partial charge < -0.3 is 10.1 Å². The van der Waals surface area contributed by atoms with Crippen molar-refractivity contribution in [3.8, 4) is 0 Å². The molecule has 0 fully saturated rings. The summed E-state index contributed by atoms with van der Waals surface area (Å²) in [5.41, 5.74) is 1.11. The van der Waals surface area contributed by atoms with E-state index in [1.165, 1.54) is 31.2 Å². The number of hydrogen-bond donors (Lipinski definition) is 1. The Balaban J connectivity index is 2.37. The molecule has 2 rings (SSSR count). The quantitative estimate of drug-likeness (QED) is 0.654. The maximum atomic E-state index is 13.1. The molecule has 4 nitrogen and oxygen atoms in total. The van der Waals surface area contributed by atoms with Crippen LogP contribution in [-0.2, 0) is 9.53 Å². The third kappa shape index (κ3) is 4.23. The molecule has 5 heteroatoms. The Bertz CT molecular complexity index is 670. The highest BCUT2D eigenvalue weighted by molar-refractivity contribution is 5.99. The molecule has 2 aromatic rings. The highest BCUT2D eigenvalue weighted by atomic mass is 19.1. The van der Waals surface area contributed by atoms with E-state index in [9.17, 15) is 14.0 Å². The summed E-state index contributed by atoms with van der Waals surface area (Å²) in [6.45, 7) is 1.29. The van der Waals surface area contributed by atoms with E-state index in [-0.39, 0.29) is 11.6 Å². The van der Waals surface area contributed by atoms with E-state index < -0.39 is 18.1 Å². The maximum Gasteiger partial charge on any atom is 0.303 e.